The van der Waals surface area contributed by atoms with Gasteiger partial charge in [0.25, 0.3) is 0 Å². The maximum Gasteiger partial charge on any atom is 0.240 e. The molecule has 1 amide bonds. The molecule has 136 valence electrons. The molecular weight excluding hydrogens is 356 g/mol. The fourth-order valence-electron chi connectivity index (χ4n) is 3.04. The minimum atomic E-state index is -3.65. The van der Waals surface area contributed by atoms with E-state index in [0.717, 1.165) is 17.7 Å². The quantitative estimate of drug-likeness (QED) is 0.866. The standard InChI is InChI=1S/C18H18N2O5S/c21-18-2-1-9-20(18)14-4-6-15(7-5-14)26(22,23)19-11-13-3-8-16-17(10-13)25-12-24-16/h3-8,10,19H,1-2,9,11-12H2. The predicted octanol–water partition coefficient (Wildman–Crippen LogP) is 2.02. The van der Waals surface area contributed by atoms with Crippen molar-refractivity contribution in [2.75, 3.05) is 18.2 Å². The van der Waals surface area contributed by atoms with Crippen LogP contribution in [0.1, 0.15) is 18.4 Å². The number of sulfonamides is 1. The van der Waals surface area contributed by atoms with Crippen LogP contribution in [0.4, 0.5) is 5.69 Å². The zero-order chi connectivity index (χ0) is 18.1. The van der Waals surface area contributed by atoms with Crippen molar-refractivity contribution >= 4 is 21.6 Å². The summed E-state index contributed by atoms with van der Waals surface area (Å²) in [7, 11) is -3.65. The molecule has 7 nitrogen and oxygen atoms in total. The summed E-state index contributed by atoms with van der Waals surface area (Å²) in [6.07, 6.45) is 1.37. The lowest BCUT2D eigenvalue weighted by Crippen LogP contribution is -2.25. The molecule has 2 aliphatic rings. The van der Waals surface area contributed by atoms with Crippen LogP contribution in [0.5, 0.6) is 11.5 Å². The van der Waals surface area contributed by atoms with Gasteiger partial charge in [-0.25, -0.2) is 13.1 Å². The predicted molar refractivity (Wildman–Crippen MR) is 94.6 cm³/mol. The van der Waals surface area contributed by atoms with Crippen molar-refractivity contribution in [3.05, 3.63) is 48.0 Å². The number of benzene rings is 2. The largest absolute Gasteiger partial charge is 0.454 e. The molecule has 8 heteroatoms. The topological polar surface area (TPSA) is 84.9 Å². The Balaban J connectivity index is 1.45. The molecular formula is C18H18N2O5S. The first kappa shape index (κ1) is 16.9. The third kappa shape index (κ3) is 3.25. The van der Waals surface area contributed by atoms with Gasteiger partial charge in [0.2, 0.25) is 22.7 Å². The molecule has 0 saturated carbocycles. The summed E-state index contributed by atoms with van der Waals surface area (Å²) < 4.78 is 38.1. The maximum absolute atomic E-state index is 12.5. The second kappa shape index (κ2) is 6.62. The van der Waals surface area contributed by atoms with E-state index in [1.807, 2.05) is 0 Å². The lowest BCUT2D eigenvalue weighted by Gasteiger charge is -2.16. The molecule has 0 unspecified atom stereocenters. The number of ether oxygens (including phenoxy) is 2. The van der Waals surface area contributed by atoms with Gasteiger partial charge in [0, 0.05) is 25.2 Å². The van der Waals surface area contributed by atoms with E-state index in [9.17, 15) is 13.2 Å². The first-order chi connectivity index (χ1) is 12.5. The van der Waals surface area contributed by atoms with Crippen LogP contribution in [0.15, 0.2) is 47.4 Å². The summed E-state index contributed by atoms with van der Waals surface area (Å²) >= 11 is 0. The monoisotopic (exact) mass is 374 g/mol. The fourth-order valence-corrected chi connectivity index (χ4v) is 4.06. The molecule has 2 aromatic rings. The zero-order valence-electron chi connectivity index (χ0n) is 14.0. The molecule has 2 aromatic carbocycles. The highest BCUT2D eigenvalue weighted by atomic mass is 32.2. The Morgan fingerprint density at radius 1 is 1.04 bits per heavy atom. The molecule has 26 heavy (non-hydrogen) atoms. The first-order valence-corrected chi connectivity index (χ1v) is 9.80. The molecule has 0 bridgehead atoms. The molecule has 0 aliphatic carbocycles. The molecule has 2 aliphatic heterocycles. The number of nitrogens with zero attached hydrogens (tertiary/aromatic N) is 1. The van der Waals surface area contributed by atoms with E-state index in [1.54, 1.807) is 35.2 Å². The third-order valence-electron chi connectivity index (χ3n) is 4.44. The molecule has 0 aromatic heterocycles. The van der Waals surface area contributed by atoms with Crippen LogP contribution >= 0.6 is 0 Å². The highest BCUT2D eigenvalue weighted by Crippen LogP contribution is 2.32. The van der Waals surface area contributed by atoms with Gasteiger partial charge in [0.1, 0.15) is 0 Å². The van der Waals surface area contributed by atoms with E-state index in [4.69, 9.17) is 9.47 Å². The van der Waals surface area contributed by atoms with Crippen LogP contribution in [-0.4, -0.2) is 27.7 Å². The number of hydrogen-bond acceptors (Lipinski definition) is 5. The summed E-state index contributed by atoms with van der Waals surface area (Å²) in [4.78, 5) is 13.6. The van der Waals surface area contributed by atoms with E-state index in [2.05, 4.69) is 4.72 Å². The SMILES string of the molecule is O=C1CCCN1c1ccc(S(=O)(=O)NCc2ccc3c(c2)OCO3)cc1. The fraction of sp³-hybridized carbons (Fsp3) is 0.278. The van der Waals surface area contributed by atoms with Crippen molar-refractivity contribution in [1.82, 2.24) is 4.72 Å². The van der Waals surface area contributed by atoms with E-state index in [-0.39, 0.29) is 24.1 Å². The number of anilines is 1. The zero-order valence-corrected chi connectivity index (χ0v) is 14.8. The van der Waals surface area contributed by atoms with Gasteiger partial charge < -0.3 is 14.4 Å². The van der Waals surface area contributed by atoms with E-state index in [1.165, 1.54) is 12.1 Å². The van der Waals surface area contributed by atoms with E-state index >= 15 is 0 Å². The van der Waals surface area contributed by atoms with Crippen molar-refractivity contribution in [3.63, 3.8) is 0 Å². The third-order valence-corrected chi connectivity index (χ3v) is 5.85. The number of carbonyl (C=O) groups is 1. The molecule has 1 saturated heterocycles. The number of nitrogens with one attached hydrogen (secondary N) is 1. The van der Waals surface area contributed by atoms with Gasteiger partial charge in [-0.15, -0.1) is 0 Å². The van der Waals surface area contributed by atoms with Crippen LogP contribution in [-0.2, 0) is 21.4 Å². The van der Waals surface area contributed by atoms with Crippen LogP contribution < -0.4 is 19.1 Å². The van der Waals surface area contributed by atoms with Crippen molar-refractivity contribution in [2.45, 2.75) is 24.3 Å². The van der Waals surface area contributed by atoms with Crippen molar-refractivity contribution in [3.8, 4) is 11.5 Å². The molecule has 0 spiro atoms. The normalized spacial score (nSPS) is 16.3. The summed E-state index contributed by atoms with van der Waals surface area (Å²) in [5.41, 5.74) is 1.50. The maximum atomic E-state index is 12.5. The smallest absolute Gasteiger partial charge is 0.240 e. The number of carbonyl (C=O) groups excluding carboxylic acids is 1. The lowest BCUT2D eigenvalue weighted by molar-refractivity contribution is -0.117. The van der Waals surface area contributed by atoms with Crippen molar-refractivity contribution < 1.29 is 22.7 Å². The Morgan fingerprint density at radius 3 is 2.54 bits per heavy atom. The van der Waals surface area contributed by atoms with Gasteiger partial charge in [-0.05, 0) is 48.4 Å². The summed E-state index contributed by atoms with van der Waals surface area (Å²) in [5.74, 6) is 1.34. The molecule has 1 N–H and O–H groups in total. The van der Waals surface area contributed by atoms with Crippen LogP contribution in [0, 0.1) is 0 Å². The minimum absolute atomic E-state index is 0.0709. The van der Waals surface area contributed by atoms with Gasteiger partial charge in [0.15, 0.2) is 11.5 Å². The highest BCUT2D eigenvalue weighted by molar-refractivity contribution is 7.89. The van der Waals surface area contributed by atoms with Crippen LogP contribution in [0.2, 0.25) is 0 Å². The number of rotatable bonds is 5. The Bertz CT molecular complexity index is 941. The number of fused-ring (bicyclic) bond motifs is 1. The van der Waals surface area contributed by atoms with Crippen molar-refractivity contribution in [1.29, 1.82) is 0 Å². The van der Waals surface area contributed by atoms with Crippen molar-refractivity contribution in [2.24, 2.45) is 0 Å². The first-order valence-electron chi connectivity index (χ1n) is 8.31. The second-order valence-electron chi connectivity index (χ2n) is 6.15. The molecule has 2 heterocycles. The van der Waals surface area contributed by atoms with E-state index in [0.29, 0.717) is 24.5 Å². The minimum Gasteiger partial charge on any atom is -0.454 e. The number of amides is 1. The molecule has 0 atom stereocenters. The highest BCUT2D eigenvalue weighted by Gasteiger charge is 2.22. The summed E-state index contributed by atoms with van der Waals surface area (Å²) in [6, 6.07) is 11.7. The Hall–Kier alpha value is -2.58. The van der Waals surface area contributed by atoms with Gasteiger partial charge in [0.05, 0.1) is 4.90 Å². The van der Waals surface area contributed by atoms with Gasteiger partial charge in [-0.1, -0.05) is 6.07 Å². The average Bonchev–Trinajstić information content (AvgIpc) is 3.28. The Kier molecular flexibility index (Phi) is 4.29. The lowest BCUT2D eigenvalue weighted by atomic mass is 10.2. The van der Waals surface area contributed by atoms with E-state index < -0.39 is 10.0 Å². The van der Waals surface area contributed by atoms with Gasteiger partial charge in [-0.2, -0.15) is 0 Å². The van der Waals surface area contributed by atoms with Gasteiger partial charge >= 0.3 is 0 Å². The Morgan fingerprint density at radius 2 is 1.81 bits per heavy atom. The average molecular weight is 374 g/mol. The van der Waals surface area contributed by atoms with Crippen LogP contribution in [0.25, 0.3) is 0 Å². The number of hydrogen-bond donors (Lipinski definition) is 1. The summed E-state index contributed by atoms with van der Waals surface area (Å²) in [5, 5.41) is 0. The molecule has 0 radical (unpaired) electrons. The molecule has 4 rings (SSSR count). The van der Waals surface area contributed by atoms with Crippen LogP contribution in [0.3, 0.4) is 0 Å². The summed E-state index contributed by atoms with van der Waals surface area (Å²) in [6.45, 7) is 0.995. The Labute approximate surface area is 151 Å². The second-order valence-corrected chi connectivity index (χ2v) is 7.92. The molecule has 1 fully saturated rings. The van der Waals surface area contributed by atoms with Gasteiger partial charge in [-0.3, -0.25) is 4.79 Å².